The maximum absolute atomic E-state index is 12.1. The third-order valence-electron chi connectivity index (χ3n) is 2.89. The van der Waals surface area contributed by atoms with Gasteiger partial charge >= 0.3 is 0 Å². The Balaban J connectivity index is 2.11. The van der Waals surface area contributed by atoms with Gasteiger partial charge in [-0.25, -0.2) is 0 Å². The molecule has 4 nitrogen and oxygen atoms in total. The summed E-state index contributed by atoms with van der Waals surface area (Å²) >= 11 is 0. The molecule has 2 N–H and O–H groups in total. The van der Waals surface area contributed by atoms with E-state index in [-0.39, 0.29) is 17.8 Å². The molecular formula is C17H19NO3. The van der Waals surface area contributed by atoms with Crippen LogP contribution in [0.1, 0.15) is 29.8 Å². The first-order valence-corrected chi connectivity index (χ1v) is 6.83. The Morgan fingerprint density at radius 1 is 1.14 bits per heavy atom. The second kappa shape index (κ2) is 6.31. The van der Waals surface area contributed by atoms with Gasteiger partial charge in [0.25, 0.3) is 5.91 Å². The summed E-state index contributed by atoms with van der Waals surface area (Å²) in [5.41, 5.74) is 1.87. The summed E-state index contributed by atoms with van der Waals surface area (Å²) in [5.74, 6) is 0.501. The SMILES string of the molecule is Cc1ccc(O)c(NC(=O)c2ccc(OC(C)C)cc2)c1. The van der Waals surface area contributed by atoms with Crippen LogP contribution >= 0.6 is 0 Å². The van der Waals surface area contributed by atoms with E-state index in [1.807, 2.05) is 20.8 Å². The number of aryl methyl sites for hydroxylation is 1. The van der Waals surface area contributed by atoms with Crippen LogP contribution < -0.4 is 10.1 Å². The molecule has 110 valence electrons. The number of rotatable bonds is 4. The van der Waals surface area contributed by atoms with Gasteiger partial charge in [0.05, 0.1) is 11.8 Å². The third-order valence-corrected chi connectivity index (χ3v) is 2.89. The molecule has 0 heterocycles. The first-order valence-electron chi connectivity index (χ1n) is 6.83. The number of carbonyl (C=O) groups is 1. The van der Waals surface area contributed by atoms with E-state index in [1.54, 1.807) is 42.5 Å². The minimum absolute atomic E-state index is 0.0497. The van der Waals surface area contributed by atoms with Crippen LogP contribution in [0.25, 0.3) is 0 Å². The summed E-state index contributed by atoms with van der Waals surface area (Å²) in [5, 5.41) is 12.4. The molecule has 4 heteroatoms. The van der Waals surface area contributed by atoms with Gasteiger partial charge in [0.2, 0.25) is 0 Å². The van der Waals surface area contributed by atoms with Gasteiger partial charge in [0, 0.05) is 5.56 Å². The van der Waals surface area contributed by atoms with Crippen molar-refractivity contribution in [1.29, 1.82) is 0 Å². The highest BCUT2D eigenvalue weighted by atomic mass is 16.5. The first-order chi connectivity index (χ1) is 9.95. The molecule has 2 rings (SSSR count). The summed E-state index contributed by atoms with van der Waals surface area (Å²) in [6, 6.07) is 12.0. The van der Waals surface area contributed by atoms with Gasteiger partial charge in [-0.2, -0.15) is 0 Å². The fraction of sp³-hybridized carbons (Fsp3) is 0.235. The third kappa shape index (κ3) is 3.99. The highest BCUT2D eigenvalue weighted by molar-refractivity contribution is 6.05. The summed E-state index contributed by atoms with van der Waals surface area (Å²) < 4.78 is 5.53. The minimum atomic E-state index is -0.271. The topological polar surface area (TPSA) is 58.6 Å². The van der Waals surface area contributed by atoms with Crippen LogP contribution in [0.15, 0.2) is 42.5 Å². The van der Waals surface area contributed by atoms with E-state index >= 15 is 0 Å². The van der Waals surface area contributed by atoms with Crippen molar-refractivity contribution in [2.45, 2.75) is 26.9 Å². The highest BCUT2D eigenvalue weighted by Gasteiger charge is 2.09. The molecule has 0 spiro atoms. The Bertz CT molecular complexity index is 633. The lowest BCUT2D eigenvalue weighted by Crippen LogP contribution is -2.12. The summed E-state index contributed by atoms with van der Waals surface area (Å²) in [4.78, 5) is 12.1. The lowest BCUT2D eigenvalue weighted by Gasteiger charge is -2.11. The molecule has 0 aromatic heterocycles. The van der Waals surface area contributed by atoms with Crippen LogP contribution in [-0.2, 0) is 0 Å². The Labute approximate surface area is 124 Å². The van der Waals surface area contributed by atoms with Crippen molar-refractivity contribution in [2.24, 2.45) is 0 Å². The minimum Gasteiger partial charge on any atom is -0.506 e. The Morgan fingerprint density at radius 3 is 2.43 bits per heavy atom. The van der Waals surface area contributed by atoms with Crippen molar-refractivity contribution in [3.63, 3.8) is 0 Å². The van der Waals surface area contributed by atoms with Gasteiger partial charge in [-0.15, -0.1) is 0 Å². The number of phenols is 1. The Hall–Kier alpha value is -2.49. The van der Waals surface area contributed by atoms with Crippen molar-refractivity contribution in [2.75, 3.05) is 5.32 Å². The average molecular weight is 285 g/mol. The molecule has 0 unspecified atom stereocenters. The molecule has 0 aliphatic heterocycles. The molecule has 21 heavy (non-hydrogen) atoms. The van der Waals surface area contributed by atoms with Crippen LogP contribution in [0.2, 0.25) is 0 Å². The smallest absolute Gasteiger partial charge is 0.255 e. The monoisotopic (exact) mass is 285 g/mol. The molecule has 0 radical (unpaired) electrons. The molecule has 0 saturated carbocycles. The molecule has 0 bridgehead atoms. The van der Waals surface area contributed by atoms with Crippen LogP contribution in [0.4, 0.5) is 5.69 Å². The van der Waals surface area contributed by atoms with Gasteiger partial charge in [0.1, 0.15) is 11.5 Å². The van der Waals surface area contributed by atoms with Crippen LogP contribution in [0.5, 0.6) is 11.5 Å². The molecule has 0 atom stereocenters. The molecular weight excluding hydrogens is 266 g/mol. The lowest BCUT2D eigenvalue weighted by atomic mass is 10.1. The van der Waals surface area contributed by atoms with Crippen molar-refractivity contribution in [3.8, 4) is 11.5 Å². The zero-order valence-corrected chi connectivity index (χ0v) is 12.4. The number of carbonyl (C=O) groups excluding carboxylic acids is 1. The quantitative estimate of drug-likeness (QED) is 0.841. The number of nitrogens with one attached hydrogen (secondary N) is 1. The number of hydrogen-bond acceptors (Lipinski definition) is 3. The summed E-state index contributed by atoms with van der Waals surface area (Å²) in [6.07, 6.45) is 0.0916. The maximum atomic E-state index is 12.1. The maximum Gasteiger partial charge on any atom is 0.255 e. The van der Waals surface area contributed by atoms with Gasteiger partial charge in [-0.05, 0) is 62.7 Å². The summed E-state index contributed by atoms with van der Waals surface area (Å²) in [6.45, 7) is 5.79. The molecule has 2 aromatic carbocycles. The molecule has 0 fully saturated rings. The number of phenolic OH excluding ortho intramolecular Hbond substituents is 1. The number of ether oxygens (including phenoxy) is 1. The van der Waals surface area contributed by atoms with E-state index in [4.69, 9.17) is 4.74 Å². The zero-order chi connectivity index (χ0) is 15.4. The molecule has 0 saturated heterocycles. The highest BCUT2D eigenvalue weighted by Crippen LogP contribution is 2.24. The lowest BCUT2D eigenvalue weighted by molar-refractivity contribution is 0.102. The van der Waals surface area contributed by atoms with Gasteiger partial charge < -0.3 is 15.2 Å². The number of amides is 1. The van der Waals surface area contributed by atoms with Crippen LogP contribution in [-0.4, -0.2) is 17.1 Å². The van der Waals surface area contributed by atoms with Crippen molar-refractivity contribution < 1.29 is 14.6 Å². The van der Waals surface area contributed by atoms with E-state index in [9.17, 15) is 9.90 Å². The van der Waals surface area contributed by atoms with Gasteiger partial charge in [0.15, 0.2) is 0 Å². The largest absolute Gasteiger partial charge is 0.506 e. The number of anilines is 1. The van der Waals surface area contributed by atoms with E-state index in [1.165, 1.54) is 0 Å². The van der Waals surface area contributed by atoms with E-state index in [0.29, 0.717) is 11.3 Å². The van der Waals surface area contributed by atoms with Crippen molar-refractivity contribution in [1.82, 2.24) is 0 Å². The standard InChI is InChI=1S/C17H19NO3/c1-11(2)21-14-7-5-13(6-8-14)17(20)18-15-10-12(3)4-9-16(15)19/h4-11,19H,1-3H3,(H,18,20). The molecule has 0 aliphatic rings. The first kappa shape index (κ1) is 14.9. The summed E-state index contributed by atoms with van der Waals surface area (Å²) in [7, 11) is 0. The van der Waals surface area contributed by atoms with E-state index in [2.05, 4.69) is 5.32 Å². The van der Waals surface area contributed by atoms with Gasteiger partial charge in [-0.1, -0.05) is 6.07 Å². The van der Waals surface area contributed by atoms with Crippen LogP contribution in [0.3, 0.4) is 0 Å². The van der Waals surface area contributed by atoms with Crippen molar-refractivity contribution >= 4 is 11.6 Å². The molecule has 1 amide bonds. The average Bonchev–Trinajstić information content (AvgIpc) is 2.43. The Morgan fingerprint density at radius 2 is 1.81 bits per heavy atom. The second-order valence-corrected chi connectivity index (χ2v) is 5.17. The van der Waals surface area contributed by atoms with Gasteiger partial charge in [-0.3, -0.25) is 4.79 Å². The van der Waals surface area contributed by atoms with Crippen LogP contribution in [0, 0.1) is 6.92 Å². The predicted molar refractivity (Wildman–Crippen MR) is 83.0 cm³/mol. The van der Waals surface area contributed by atoms with E-state index < -0.39 is 0 Å². The number of benzene rings is 2. The molecule has 2 aromatic rings. The fourth-order valence-corrected chi connectivity index (χ4v) is 1.90. The van der Waals surface area contributed by atoms with Crippen molar-refractivity contribution in [3.05, 3.63) is 53.6 Å². The fourth-order valence-electron chi connectivity index (χ4n) is 1.90. The Kier molecular flexibility index (Phi) is 4.48. The normalized spacial score (nSPS) is 10.5. The zero-order valence-electron chi connectivity index (χ0n) is 12.4. The van der Waals surface area contributed by atoms with E-state index in [0.717, 1.165) is 11.3 Å². The second-order valence-electron chi connectivity index (χ2n) is 5.17. The molecule has 0 aliphatic carbocycles. The number of aromatic hydroxyl groups is 1. The predicted octanol–water partition coefficient (Wildman–Crippen LogP) is 3.74. The number of hydrogen-bond donors (Lipinski definition) is 2.